The highest BCUT2D eigenvalue weighted by atomic mass is 35.5. The zero-order valence-electron chi connectivity index (χ0n) is 19.3. The quantitative estimate of drug-likeness (QED) is 0.225. The van der Waals surface area contributed by atoms with Gasteiger partial charge in [0.05, 0.1) is 23.0 Å². The fraction of sp³-hybridized carbons (Fsp3) is 0.222. The lowest BCUT2D eigenvalue weighted by Gasteiger charge is -2.13. The smallest absolute Gasteiger partial charge is 0.163 e. The van der Waals surface area contributed by atoms with E-state index >= 15 is 0 Å². The number of halogens is 2. The highest BCUT2D eigenvalue weighted by molar-refractivity contribution is 6.35. The van der Waals surface area contributed by atoms with Crippen LogP contribution in [0.15, 0.2) is 79.5 Å². The van der Waals surface area contributed by atoms with Gasteiger partial charge in [0.15, 0.2) is 5.82 Å². The summed E-state index contributed by atoms with van der Waals surface area (Å²) < 4.78 is 0. The van der Waals surface area contributed by atoms with E-state index in [1.54, 1.807) is 24.3 Å². The minimum absolute atomic E-state index is 0.458. The Morgan fingerprint density at radius 1 is 1.09 bits per heavy atom. The van der Waals surface area contributed by atoms with Crippen molar-refractivity contribution in [2.75, 3.05) is 18.4 Å². The van der Waals surface area contributed by atoms with Gasteiger partial charge < -0.3 is 10.6 Å². The lowest BCUT2D eigenvalue weighted by Crippen LogP contribution is -2.22. The van der Waals surface area contributed by atoms with Crippen molar-refractivity contribution in [2.24, 2.45) is 0 Å². The molecule has 0 saturated carbocycles. The SMILES string of the molecule is C=CC/C=C(\CC)NCCNc1nc(-c2cc(Cl)ccc2Cl)nc2ccccc12.C=CCC#N. The second kappa shape index (κ2) is 14.7. The summed E-state index contributed by atoms with van der Waals surface area (Å²) >= 11 is 12.5. The van der Waals surface area contributed by atoms with Gasteiger partial charge >= 0.3 is 0 Å². The molecule has 0 aliphatic heterocycles. The number of rotatable bonds is 10. The van der Waals surface area contributed by atoms with Crippen LogP contribution >= 0.6 is 23.2 Å². The van der Waals surface area contributed by atoms with E-state index in [4.69, 9.17) is 33.4 Å². The van der Waals surface area contributed by atoms with Gasteiger partial charge in [-0.2, -0.15) is 5.26 Å². The van der Waals surface area contributed by atoms with Crippen LogP contribution in [0.1, 0.15) is 26.2 Å². The lowest BCUT2D eigenvalue weighted by molar-refractivity contribution is 0.775. The van der Waals surface area contributed by atoms with Gasteiger partial charge in [0.25, 0.3) is 0 Å². The van der Waals surface area contributed by atoms with E-state index in [-0.39, 0.29) is 0 Å². The van der Waals surface area contributed by atoms with Crippen molar-refractivity contribution in [3.05, 3.63) is 89.6 Å². The summed E-state index contributed by atoms with van der Waals surface area (Å²) in [5.74, 6) is 1.32. The number of hydrogen-bond acceptors (Lipinski definition) is 5. The summed E-state index contributed by atoms with van der Waals surface area (Å²) in [5, 5.41) is 16.8. The molecule has 0 aliphatic carbocycles. The van der Waals surface area contributed by atoms with Crippen LogP contribution in [-0.4, -0.2) is 23.1 Å². The fourth-order valence-electron chi connectivity index (χ4n) is 3.04. The predicted octanol–water partition coefficient (Wildman–Crippen LogP) is 7.56. The van der Waals surface area contributed by atoms with Gasteiger partial charge in [0.1, 0.15) is 5.82 Å². The molecule has 0 unspecified atom stereocenters. The standard InChI is InChI=1S/C23H24Cl2N4.C4H5N/c1-3-5-8-17(4-2)26-13-14-27-22-18-9-6-7-10-21(18)28-23(29-22)19-15-16(24)11-12-20(19)25;1-2-3-4-5/h3,6-12,15,26H,1,4-5,13-14H2,2H3,(H,27,28,29);2H,1,3H2/b17-8+;. The van der Waals surface area contributed by atoms with Crippen LogP contribution in [0.25, 0.3) is 22.3 Å². The van der Waals surface area contributed by atoms with Gasteiger partial charge in [-0.3, -0.25) is 0 Å². The van der Waals surface area contributed by atoms with Crippen LogP contribution in [0.3, 0.4) is 0 Å². The van der Waals surface area contributed by atoms with E-state index in [0.717, 1.165) is 42.7 Å². The third-order valence-corrected chi connectivity index (χ3v) is 5.25. The molecule has 0 fully saturated rings. The third kappa shape index (κ3) is 8.22. The summed E-state index contributed by atoms with van der Waals surface area (Å²) in [4.78, 5) is 9.42. The molecular weight excluding hydrogens is 465 g/mol. The average molecular weight is 494 g/mol. The van der Waals surface area contributed by atoms with Crippen LogP contribution in [0.4, 0.5) is 5.82 Å². The Balaban J connectivity index is 0.000000739. The fourth-order valence-corrected chi connectivity index (χ4v) is 3.41. The largest absolute Gasteiger partial charge is 0.387 e. The summed E-state index contributed by atoms with van der Waals surface area (Å²) in [6.07, 6.45) is 7.91. The van der Waals surface area contributed by atoms with Gasteiger partial charge in [-0.1, -0.05) is 60.5 Å². The number of fused-ring (bicyclic) bond motifs is 1. The Morgan fingerprint density at radius 3 is 2.56 bits per heavy atom. The van der Waals surface area contributed by atoms with E-state index in [0.29, 0.717) is 27.9 Å². The van der Waals surface area contributed by atoms with Crippen LogP contribution in [0, 0.1) is 11.3 Å². The number of aromatic nitrogens is 2. The van der Waals surface area contributed by atoms with Crippen LogP contribution in [0.2, 0.25) is 10.0 Å². The lowest BCUT2D eigenvalue weighted by atomic mass is 10.2. The molecule has 3 aromatic rings. The summed E-state index contributed by atoms with van der Waals surface area (Å²) in [6, 6.07) is 15.1. The Bertz CT molecular complexity index is 1180. The molecule has 0 spiro atoms. The zero-order valence-corrected chi connectivity index (χ0v) is 20.8. The molecule has 3 rings (SSSR count). The molecule has 1 aromatic heterocycles. The Kier molecular flexibility index (Phi) is 11.7. The number of anilines is 1. The molecule has 0 aliphatic rings. The Morgan fingerprint density at radius 2 is 1.88 bits per heavy atom. The highest BCUT2D eigenvalue weighted by Gasteiger charge is 2.12. The first-order valence-corrected chi connectivity index (χ1v) is 11.8. The number of benzene rings is 2. The summed E-state index contributed by atoms with van der Waals surface area (Å²) in [5.41, 5.74) is 2.78. The van der Waals surface area contributed by atoms with Gasteiger partial charge in [-0.05, 0) is 43.2 Å². The molecule has 1 heterocycles. The van der Waals surface area contributed by atoms with E-state index in [1.165, 1.54) is 5.70 Å². The first-order chi connectivity index (χ1) is 16.5. The molecule has 0 bridgehead atoms. The van der Waals surface area contributed by atoms with E-state index < -0.39 is 0 Å². The molecule has 0 amide bonds. The monoisotopic (exact) mass is 493 g/mol. The summed E-state index contributed by atoms with van der Waals surface area (Å²) in [7, 11) is 0. The maximum atomic E-state index is 7.74. The molecule has 5 nitrogen and oxygen atoms in total. The number of para-hydroxylation sites is 1. The third-order valence-electron chi connectivity index (χ3n) is 4.69. The van der Waals surface area contributed by atoms with Gasteiger partial charge in [0.2, 0.25) is 0 Å². The summed E-state index contributed by atoms with van der Waals surface area (Å²) in [6.45, 7) is 10.7. The molecule has 0 radical (unpaired) electrons. The van der Waals surface area contributed by atoms with Crippen molar-refractivity contribution in [1.29, 1.82) is 5.26 Å². The second-order valence-electron chi connectivity index (χ2n) is 7.15. The molecule has 2 aromatic carbocycles. The highest BCUT2D eigenvalue weighted by Crippen LogP contribution is 2.31. The molecule has 176 valence electrons. The van der Waals surface area contributed by atoms with Crippen molar-refractivity contribution >= 4 is 39.9 Å². The zero-order chi connectivity index (χ0) is 24.8. The maximum Gasteiger partial charge on any atom is 0.163 e. The second-order valence-corrected chi connectivity index (χ2v) is 7.99. The van der Waals surface area contributed by atoms with Crippen LogP contribution in [0.5, 0.6) is 0 Å². The average Bonchev–Trinajstić information content (AvgIpc) is 2.85. The van der Waals surface area contributed by atoms with Crippen molar-refractivity contribution < 1.29 is 0 Å². The number of nitriles is 1. The van der Waals surface area contributed by atoms with Crippen molar-refractivity contribution in [1.82, 2.24) is 15.3 Å². The van der Waals surface area contributed by atoms with E-state index in [9.17, 15) is 0 Å². The normalized spacial score (nSPS) is 10.6. The Labute approximate surface area is 211 Å². The first kappa shape index (κ1) is 26.9. The molecule has 7 heteroatoms. The molecule has 2 N–H and O–H groups in total. The van der Waals surface area contributed by atoms with E-state index in [1.807, 2.05) is 36.4 Å². The minimum atomic E-state index is 0.458. The molecular formula is C27H29Cl2N5. The number of nitrogens with zero attached hydrogens (tertiary/aromatic N) is 3. The first-order valence-electron chi connectivity index (χ1n) is 11.0. The van der Waals surface area contributed by atoms with Crippen LogP contribution in [-0.2, 0) is 0 Å². The van der Waals surface area contributed by atoms with Gasteiger partial charge in [0, 0.05) is 34.8 Å². The van der Waals surface area contributed by atoms with Crippen molar-refractivity contribution in [2.45, 2.75) is 26.2 Å². The van der Waals surface area contributed by atoms with E-state index in [2.05, 4.69) is 41.8 Å². The number of hydrogen-bond donors (Lipinski definition) is 2. The van der Waals surface area contributed by atoms with Crippen molar-refractivity contribution in [3.8, 4) is 17.5 Å². The Hall–Kier alpha value is -3.33. The topological polar surface area (TPSA) is 73.6 Å². The van der Waals surface area contributed by atoms with Crippen LogP contribution < -0.4 is 10.6 Å². The molecule has 0 saturated heterocycles. The van der Waals surface area contributed by atoms with Crippen molar-refractivity contribution in [3.63, 3.8) is 0 Å². The molecule has 0 atom stereocenters. The predicted molar refractivity (Wildman–Crippen MR) is 145 cm³/mol. The van der Waals surface area contributed by atoms with Gasteiger partial charge in [-0.15, -0.1) is 13.2 Å². The van der Waals surface area contributed by atoms with Gasteiger partial charge in [-0.25, -0.2) is 9.97 Å². The maximum absolute atomic E-state index is 7.74. The number of allylic oxidation sites excluding steroid dienone is 4. The number of nitrogens with one attached hydrogen (secondary N) is 2. The molecule has 34 heavy (non-hydrogen) atoms. The minimum Gasteiger partial charge on any atom is -0.387 e.